The summed E-state index contributed by atoms with van der Waals surface area (Å²) in [5, 5.41) is 4.19. The van der Waals surface area contributed by atoms with Crippen LogP contribution in [0.25, 0.3) is 0 Å². The van der Waals surface area contributed by atoms with Crippen molar-refractivity contribution in [3.05, 3.63) is 11.7 Å². The van der Waals surface area contributed by atoms with Crippen LogP contribution in [0.2, 0.25) is 0 Å². The van der Waals surface area contributed by atoms with Crippen LogP contribution in [0.15, 0.2) is 4.52 Å². The molecule has 0 radical (unpaired) electrons. The molecule has 0 unspecified atom stereocenters. The normalized spacial score (nSPS) is 21.3. The van der Waals surface area contributed by atoms with Gasteiger partial charge in [0, 0.05) is 32.5 Å². The predicted molar refractivity (Wildman–Crippen MR) is 88.7 cm³/mol. The van der Waals surface area contributed by atoms with Gasteiger partial charge in [-0.2, -0.15) is 4.98 Å². The van der Waals surface area contributed by atoms with Crippen molar-refractivity contribution in [2.75, 3.05) is 46.9 Å². The molecule has 0 atom stereocenters. The third-order valence-electron chi connectivity index (χ3n) is 5.26. The van der Waals surface area contributed by atoms with Crippen LogP contribution in [-0.2, 0) is 16.0 Å². The van der Waals surface area contributed by atoms with Crippen LogP contribution < -0.4 is 0 Å². The highest BCUT2D eigenvalue weighted by Gasteiger charge is 2.28. The standard InChI is InChI=1S/C17H28N4O3/c1-20-7-3-13(4-8-20)11-15-18-17(24-19-15)14-5-9-21(10-6-14)16(22)12-23-2/h13-14H,3-12H2,1-2H3. The number of hydrogen-bond acceptors (Lipinski definition) is 6. The summed E-state index contributed by atoms with van der Waals surface area (Å²) in [5.74, 6) is 2.59. The Labute approximate surface area is 143 Å². The van der Waals surface area contributed by atoms with Gasteiger partial charge in [-0.25, -0.2) is 0 Å². The van der Waals surface area contributed by atoms with Crippen LogP contribution in [-0.4, -0.2) is 72.8 Å². The van der Waals surface area contributed by atoms with Crippen molar-refractivity contribution in [3.63, 3.8) is 0 Å². The Hall–Kier alpha value is -1.47. The van der Waals surface area contributed by atoms with E-state index < -0.39 is 0 Å². The van der Waals surface area contributed by atoms with Crippen LogP contribution in [0, 0.1) is 5.92 Å². The van der Waals surface area contributed by atoms with E-state index in [0.29, 0.717) is 5.92 Å². The summed E-state index contributed by atoms with van der Waals surface area (Å²) in [7, 11) is 3.72. The van der Waals surface area contributed by atoms with Gasteiger partial charge in [-0.05, 0) is 51.7 Å². The molecule has 7 nitrogen and oxygen atoms in total. The quantitative estimate of drug-likeness (QED) is 0.807. The number of aromatic nitrogens is 2. The molecule has 0 aromatic carbocycles. The molecule has 3 heterocycles. The van der Waals surface area contributed by atoms with Crippen molar-refractivity contribution in [2.45, 2.75) is 38.0 Å². The van der Waals surface area contributed by atoms with Crippen molar-refractivity contribution >= 4 is 5.91 Å². The van der Waals surface area contributed by atoms with E-state index in [1.54, 1.807) is 7.11 Å². The number of rotatable bonds is 5. The Morgan fingerprint density at radius 3 is 2.58 bits per heavy atom. The zero-order valence-corrected chi connectivity index (χ0v) is 14.7. The maximum Gasteiger partial charge on any atom is 0.248 e. The molecule has 0 spiro atoms. The van der Waals surface area contributed by atoms with Crippen LogP contribution in [0.3, 0.4) is 0 Å². The minimum Gasteiger partial charge on any atom is -0.375 e. The minimum atomic E-state index is 0.0597. The summed E-state index contributed by atoms with van der Waals surface area (Å²) in [4.78, 5) is 20.7. The summed E-state index contributed by atoms with van der Waals surface area (Å²) in [6.45, 7) is 3.94. The maximum atomic E-state index is 11.8. The zero-order chi connectivity index (χ0) is 16.9. The van der Waals surface area contributed by atoms with Crippen LogP contribution in [0.1, 0.15) is 43.3 Å². The molecule has 134 valence electrons. The Kier molecular flexibility index (Phi) is 5.84. The van der Waals surface area contributed by atoms with Crippen molar-refractivity contribution in [2.24, 2.45) is 5.92 Å². The average molecular weight is 336 g/mol. The lowest BCUT2D eigenvalue weighted by Crippen LogP contribution is -2.39. The number of methoxy groups -OCH3 is 1. The highest BCUT2D eigenvalue weighted by Crippen LogP contribution is 2.27. The molecule has 2 fully saturated rings. The van der Waals surface area contributed by atoms with Crippen LogP contribution in [0.5, 0.6) is 0 Å². The number of piperidine rings is 2. The fraction of sp³-hybridized carbons (Fsp3) is 0.824. The Morgan fingerprint density at radius 1 is 1.21 bits per heavy atom. The number of ether oxygens (including phenoxy) is 1. The lowest BCUT2D eigenvalue weighted by molar-refractivity contribution is -0.136. The summed E-state index contributed by atoms with van der Waals surface area (Å²) in [5.41, 5.74) is 0. The number of likely N-dealkylation sites (tertiary alicyclic amines) is 2. The summed E-state index contributed by atoms with van der Waals surface area (Å²) in [6, 6.07) is 0. The largest absolute Gasteiger partial charge is 0.375 e. The number of amides is 1. The minimum absolute atomic E-state index is 0.0597. The van der Waals surface area contributed by atoms with E-state index in [0.717, 1.165) is 57.2 Å². The number of nitrogens with zero attached hydrogens (tertiary/aromatic N) is 4. The molecule has 0 saturated carbocycles. The van der Waals surface area contributed by atoms with Crippen LogP contribution >= 0.6 is 0 Å². The summed E-state index contributed by atoms with van der Waals surface area (Å²) in [6.07, 6.45) is 5.10. The number of hydrogen-bond donors (Lipinski definition) is 0. The molecular weight excluding hydrogens is 308 g/mol. The Morgan fingerprint density at radius 2 is 1.92 bits per heavy atom. The maximum absolute atomic E-state index is 11.8. The molecule has 1 amide bonds. The summed E-state index contributed by atoms with van der Waals surface area (Å²) < 4.78 is 10.4. The van der Waals surface area contributed by atoms with E-state index in [2.05, 4.69) is 22.1 Å². The van der Waals surface area contributed by atoms with E-state index in [1.807, 2.05) is 4.90 Å². The molecule has 1 aromatic rings. The zero-order valence-electron chi connectivity index (χ0n) is 14.7. The molecule has 1 aromatic heterocycles. The van der Waals surface area contributed by atoms with Crippen molar-refractivity contribution in [1.29, 1.82) is 0 Å². The van der Waals surface area contributed by atoms with Crippen molar-refractivity contribution < 1.29 is 14.1 Å². The topological polar surface area (TPSA) is 71.7 Å². The lowest BCUT2D eigenvalue weighted by Gasteiger charge is -2.30. The third kappa shape index (κ3) is 4.33. The van der Waals surface area contributed by atoms with E-state index >= 15 is 0 Å². The van der Waals surface area contributed by atoms with Crippen molar-refractivity contribution in [3.8, 4) is 0 Å². The Balaban J connectivity index is 1.48. The van der Waals surface area contributed by atoms with Gasteiger partial charge in [0.2, 0.25) is 11.8 Å². The van der Waals surface area contributed by atoms with Gasteiger partial charge < -0.3 is 19.1 Å². The first-order chi connectivity index (χ1) is 11.7. The average Bonchev–Trinajstić information content (AvgIpc) is 3.06. The van der Waals surface area contributed by atoms with E-state index in [9.17, 15) is 4.79 Å². The monoisotopic (exact) mass is 336 g/mol. The van der Waals surface area contributed by atoms with Crippen molar-refractivity contribution in [1.82, 2.24) is 19.9 Å². The van der Waals surface area contributed by atoms with Gasteiger partial charge in [0.1, 0.15) is 6.61 Å². The van der Waals surface area contributed by atoms with Gasteiger partial charge in [0.25, 0.3) is 0 Å². The first kappa shape index (κ1) is 17.4. The molecule has 3 rings (SSSR count). The van der Waals surface area contributed by atoms with Gasteiger partial charge in [-0.15, -0.1) is 0 Å². The summed E-state index contributed by atoms with van der Waals surface area (Å²) >= 11 is 0. The van der Waals surface area contributed by atoms with E-state index in [1.165, 1.54) is 12.8 Å². The van der Waals surface area contributed by atoms with E-state index in [-0.39, 0.29) is 18.4 Å². The fourth-order valence-corrected chi connectivity index (χ4v) is 3.63. The number of carbonyl (C=O) groups excluding carboxylic acids is 1. The Bertz CT molecular complexity index is 532. The molecule has 2 saturated heterocycles. The molecule has 24 heavy (non-hydrogen) atoms. The first-order valence-electron chi connectivity index (χ1n) is 8.93. The van der Waals surface area contributed by atoms with Gasteiger partial charge >= 0.3 is 0 Å². The van der Waals surface area contributed by atoms with Gasteiger partial charge in [0.15, 0.2) is 5.82 Å². The molecular formula is C17H28N4O3. The number of carbonyl (C=O) groups is 1. The second kappa shape index (κ2) is 8.07. The highest BCUT2D eigenvalue weighted by atomic mass is 16.5. The van der Waals surface area contributed by atoms with Gasteiger partial charge in [0.05, 0.1) is 0 Å². The molecule has 0 bridgehead atoms. The van der Waals surface area contributed by atoms with E-state index in [4.69, 9.17) is 9.26 Å². The molecule has 0 aliphatic carbocycles. The van der Waals surface area contributed by atoms with Crippen LogP contribution in [0.4, 0.5) is 0 Å². The molecule has 0 N–H and O–H groups in total. The van der Waals surface area contributed by atoms with Gasteiger partial charge in [-0.3, -0.25) is 4.79 Å². The predicted octanol–water partition coefficient (Wildman–Crippen LogP) is 1.31. The SMILES string of the molecule is COCC(=O)N1CCC(c2nc(CC3CCN(C)CC3)no2)CC1. The molecule has 7 heteroatoms. The lowest BCUT2D eigenvalue weighted by atomic mass is 9.93. The fourth-order valence-electron chi connectivity index (χ4n) is 3.63. The molecule has 2 aliphatic heterocycles. The smallest absolute Gasteiger partial charge is 0.248 e. The molecule has 2 aliphatic rings. The van der Waals surface area contributed by atoms with Gasteiger partial charge in [-0.1, -0.05) is 5.16 Å². The highest BCUT2D eigenvalue weighted by molar-refractivity contribution is 5.77. The second-order valence-electron chi connectivity index (χ2n) is 7.09. The third-order valence-corrected chi connectivity index (χ3v) is 5.26. The first-order valence-corrected chi connectivity index (χ1v) is 8.93. The second-order valence-corrected chi connectivity index (χ2v) is 7.09.